The van der Waals surface area contributed by atoms with E-state index in [1.165, 1.54) is 0 Å². The Kier molecular flexibility index (Phi) is 10.6. The first-order valence-electron chi connectivity index (χ1n) is 13.7. The molecule has 2 aliphatic heterocycles. The van der Waals surface area contributed by atoms with Crippen LogP contribution >= 0.6 is 0 Å². The SMILES string of the molecule is COC(=O)c1c(CC=C(C)C)c(O[C@H]2O[C@@H](CO)[C@@H](O)[C@@H](O)[C@H]2O)c2ccccc2c1O[C@H]1O[C@@H](CO)[C@@H](O)[C@@H](O)[C@H]1O. The third-order valence-electron chi connectivity index (χ3n) is 7.49. The normalized spacial score (nSPS) is 32.7. The van der Waals surface area contributed by atoms with E-state index in [-0.39, 0.29) is 34.4 Å². The van der Waals surface area contributed by atoms with Gasteiger partial charge in [-0.05, 0) is 20.3 Å². The van der Waals surface area contributed by atoms with Crippen molar-refractivity contribution in [1.29, 1.82) is 0 Å². The maximum atomic E-state index is 13.4. The van der Waals surface area contributed by atoms with Gasteiger partial charge in [0.05, 0.1) is 20.3 Å². The molecule has 0 unspecified atom stereocenters. The molecule has 0 aliphatic carbocycles. The Balaban J connectivity index is 1.93. The molecule has 2 heterocycles. The van der Waals surface area contributed by atoms with E-state index < -0.39 is 80.6 Å². The molecule has 238 valence electrons. The molecular weight excluding hydrogens is 572 g/mol. The average Bonchev–Trinajstić information content (AvgIpc) is 3.00. The van der Waals surface area contributed by atoms with Gasteiger partial charge in [0.25, 0.3) is 0 Å². The first kappa shape index (κ1) is 33.0. The van der Waals surface area contributed by atoms with Gasteiger partial charge in [0.15, 0.2) is 0 Å². The molecule has 0 spiro atoms. The van der Waals surface area contributed by atoms with Crippen LogP contribution in [0.2, 0.25) is 0 Å². The third kappa shape index (κ3) is 6.49. The van der Waals surface area contributed by atoms with Crippen LogP contribution in [0, 0.1) is 0 Å². The molecule has 2 saturated heterocycles. The van der Waals surface area contributed by atoms with Crippen molar-refractivity contribution >= 4 is 16.7 Å². The molecule has 0 aromatic heterocycles. The summed E-state index contributed by atoms with van der Waals surface area (Å²) in [5, 5.41) is 82.4. The number of aliphatic hydroxyl groups is 8. The summed E-state index contributed by atoms with van der Waals surface area (Å²) in [6, 6.07) is 6.45. The highest BCUT2D eigenvalue weighted by atomic mass is 16.7. The quantitative estimate of drug-likeness (QED) is 0.119. The van der Waals surface area contributed by atoms with Crippen LogP contribution in [0.3, 0.4) is 0 Å². The molecular formula is C29H38O14. The summed E-state index contributed by atoms with van der Waals surface area (Å²) in [4.78, 5) is 13.4. The second kappa shape index (κ2) is 13.8. The number of esters is 1. The van der Waals surface area contributed by atoms with E-state index in [9.17, 15) is 45.6 Å². The number of hydrogen-bond acceptors (Lipinski definition) is 14. The van der Waals surface area contributed by atoms with Gasteiger partial charge in [-0.2, -0.15) is 0 Å². The third-order valence-corrected chi connectivity index (χ3v) is 7.49. The van der Waals surface area contributed by atoms with Crippen molar-refractivity contribution in [2.24, 2.45) is 0 Å². The number of hydrogen-bond donors (Lipinski definition) is 8. The Morgan fingerprint density at radius 1 is 0.767 bits per heavy atom. The second-order valence-corrected chi connectivity index (χ2v) is 10.7. The number of methoxy groups -OCH3 is 1. The van der Waals surface area contributed by atoms with Crippen LogP contribution in [-0.2, 0) is 20.6 Å². The zero-order valence-corrected chi connectivity index (χ0v) is 23.8. The molecule has 43 heavy (non-hydrogen) atoms. The lowest BCUT2D eigenvalue weighted by Gasteiger charge is -2.40. The molecule has 2 aromatic carbocycles. The van der Waals surface area contributed by atoms with E-state index in [1.807, 2.05) is 13.8 Å². The smallest absolute Gasteiger partial charge is 0.342 e. The van der Waals surface area contributed by atoms with Gasteiger partial charge in [0, 0.05) is 16.3 Å². The summed E-state index contributed by atoms with van der Waals surface area (Å²) in [6.45, 7) is 2.26. The van der Waals surface area contributed by atoms with E-state index in [1.54, 1.807) is 30.3 Å². The van der Waals surface area contributed by atoms with Crippen LogP contribution in [-0.4, -0.2) is 129 Å². The van der Waals surface area contributed by atoms with Crippen LogP contribution in [0.1, 0.15) is 29.8 Å². The minimum Gasteiger partial charge on any atom is -0.465 e. The van der Waals surface area contributed by atoms with Gasteiger partial charge < -0.3 is 64.5 Å². The zero-order valence-electron chi connectivity index (χ0n) is 23.8. The lowest BCUT2D eigenvalue weighted by Crippen LogP contribution is -2.60. The van der Waals surface area contributed by atoms with Gasteiger partial charge in [0.2, 0.25) is 12.6 Å². The van der Waals surface area contributed by atoms with Gasteiger partial charge in [0.1, 0.15) is 65.9 Å². The Morgan fingerprint density at radius 2 is 1.23 bits per heavy atom. The Labute approximate surface area is 246 Å². The molecule has 4 rings (SSSR count). The topological polar surface area (TPSA) is 225 Å². The maximum absolute atomic E-state index is 13.4. The van der Waals surface area contributed by atoms with Crippen molar-refractivity contribution in [3.05, 3.63) is 47.0 Å². The summed E-state index contributed by atoms with van der Waals surface area (Å²) in [7, 11) is 1.14. The Morgan fingerprint density at radius 3 is 1.67 bits per heavy atom. The highest BCUT2D eigenvalue weighted by Crippen LogP contribution is 2.44. The minimum absolute atomic E-state index is 0.0268. The lowest BCUT2D eigenvalue weighted by molar-refractivity contribution is -0.277. The van der Waals surface area contributed by atoms with Crippen molar-refractivity contribution < 1.29 is 69.3 Å². The number of aliphatic hydroxyl groups excluding tert-OH is 8. The molecule has 10 atom stereocenters. The lowest BCUT2D eigenvalue weighted by atomic mass is 9.94. The van der Waals surface area contributed by atoms with Crippen molar-refractivity contribution in [3.63, 3.8) is 0 Å². The van der Waals surface area contributed by atoms with Crippen molar-refractivity contribution in [2.45, 2.75) is 81.7 Å². The number of allylic oxidation sites excluding steroid dienone is 2. The van der Waals surface area contributed by atoms with E-state index >= 15 is 0 Å². The molecule has 2 fully saturated rings. The number of carbonyl (C=O) groups excluding carboxylic acids is 1. The molecule has 0 amide bonds. The Bertz CT molecular complexity index is 1310. The number of rotatable bonds is 9. The summed E-state index contributed by atoms with van der Waals surface area (Å²) in [5.74, 6) is -0.995. The van der Waals surface area contributed by atoms with E-state index in [0.717, 1.165) is 12.7 Å². The van der Waals surface area contributed by atoms with Gasteiger partial charge >= 0.3 is 5.97 Å². The Hall–Kier alpha value is -2.89. The molecule has 2 aliphatic rings. The number of benzene rings is 2. The standard InChI is InChI=1S/C29H38O14/c1-12(2)8-9-15-18(27(38)39-3)26(43-29-24(37)22(35)20(33)17(11-31)41-29)14-7-5-4-6-13(14)25(15)42-28-23(36)21(34)19(32)16(10-30)40-28/h4-8,16-17,19-24,28-37H,9-11H2,1-3H3/t16-,17-,19+,20+,21+,22+,23+,24+,28+,29+/m0/s1. The summed E-state index contributed by atoms with van der Waals surface area (Å²) >= 11 is 0. The van der Waals surface area contributed by atoms with Gasteiger partial charge in [-0.25, -0.2) is 4.79 Å². The van der Waals surface area contributed by atoms with Crippen LogP contribution < -0.4 is 9.47 Å². The first-order chi connectivity index (χ1) is 20.4. The minimum atomic E-state index is -1.78. The highest BCUT2D eigenvalue weighted by Gasteiger charge is 2.47. The van der Waals surface area contributed by atoms with Crippen molar-refractivity contribution in [2.75, 3.05) is 20.3 Å². The highest BCUT2D eigenvalue weighted by molar-refractivity contribution is 6.06. The van der Waals surface area contributed by atoms with Gasteiger partial charge in [-0.15, -0.1) is 0 Å². The monoisotopic (exact) mass is 610 g/mol. The van der Waals surface area contributed by atoms with Crippen molar-refractivity contribution in [1.82, 2.24) is 0 Å². The fourth-order valence-electron chi connectivity index (χ4n) is 5.06. The van der Waals surface area contributed by atoms with E-state index in [0.29, 0.717) is 5.39 Å². The molecule has 8 N–H and O–H groups in total. The number of fused-ring (bicyclic) bond motifs is 1. The number of carbonyl (C=O) groups is 1. The molecule has 0 saturated carbocycles. The summed E-state index contributed by atoms with van der Waals surface area (Å²) in [6.07, 6.45) is -14.2. The molecule has 2 aromatic rings. The van der Waals surface area contributed by atoms with Crippen LogP contribution in [0.5, 0.6) is 11.5 Å². The maximum Gasteiger partial charge on any atom is 0.342 e. The van der Waals surface area contributed by atoms with Crippen LogP contribution in [0.4, 0.5) is 0 Å². The fraction of sp³-hybridized carbons (Fsp3) is 0.552. The average molecular weight is 611 g/mol. The van der Waals surface area contributed by atoms with Crippen molar-refractivity contribution in [3.8, 4) is 11.5 Å². The predicted octanol–water partition coefficient (Wildman–Crippen LogP) is -1.51. The first-order valence-corrected chi connectivity index (χ1v) is 13.7. The fourth-order valence-corrected chi connectivity index (χ4v) is 5.06. The van der Waals surface area contributed by atoms with E-state index in [2.05, 4.69) is 0 Å². The molecule has 0 bridgehead atoms. The molecule has 14 heteroatoms. The van der Waals surface area contributed by atoms with Gasteiger partial charge in [-0.1, -0.05) is 35.9 Å². The zero-order chi connectivity index (χ0) is 31.6. The molecule has 0 radical (unpaired) electrons. The summed E-state index contributed by atoms with van der Waals surface area (Å²) in [5.41, 5.74) is 0.873. The van der Waals surface area contributed by atoms with E-state index in [4.69, 9.17) is 23.7 Å². The largest absolute Gasteiger partial charge is 0.465 e. The predicted molar refractivity (Wildman–Crippen MR) is 147 cm³/mol. The second-order valence-electron chi connectivity index (χ2n) is 10.7. The molecule has 14 nitrogen and oxygen atoms in total. The van der Waals surface area contributed by atoms with Crippen LogP contribution in [0.15, 0.2) is 35.9 Å². The van der Waals surface area contributed by atoms with Gasteiger partial charge in [-0.3, -0.25) is 0 Å². The number of ether oxygens (including phenoxy) is 5. The summed E-state index contributed by atoms with van der Waals surface area (Å²) < 4.78 is 28.4. The van der Waals surface area contributed by atoms with Crippen LogP contribution in [0.25, 0.3) is 10.8 Å².